The zero-order valence-corrected chi connectivity index (χ0v) is 9.21. The van der Waals surface area contributed by atoms with E-state index in [4.69, 9.17) is 0 Å². The van der Waals surface area contributed by atoms with E-state index in [1.807, 2.05) is 0 Å². The third-order valence-corrected chi connectivity index (χ3v) is 3.05. The van der Waals surface area contributed by atoms with E-state index < -0.39 is 0 Å². The van der Waals surface area contributed by atoms with E-state index in [-0.39, 0.29) is 0 Å². The Morgan fingerprint density at radius 3 is 2.15 bits per heavy atom. The van der Waals surface area contributed by atoms with Gasteiger partial charge in [0.15, 0.2) is 0 Å². The van der Waals surface area contributed by atoms with E-state index in [2.05, 4.69) is 36.0 Å². The van der Waals surface area contributed by atoms with Gasteiger partial charge >= 0.3 is 0 Å². The highest BCUT2D eigenvalue weighted by Gasteiger charge is 2.20. The van der Waals surface area contributed by atoms with Crippen LogP contribution < -0.4 is 5.32 Å². The molecule has 1 aliphatic rings. The van der Waals surface area contributed by atoms with Gasteiger partial charge in [0.05, 0.1) is 0 Å². The highest BCUT2D eigenvalue weighted by Crippen LogP contribution is 2.01. The molecule has 1 rings (SSSR count). The molecule has 78 valence electrons. The average molecular weight is 185 g/mol. The van der Waals surface area contributed by atoms with Gasteiger partial charge in [0.25, 0.3) is 0 Å². The van der Waals surface area contributed by atoms with Crippen LogP contribution in [0.4, 0.5) is 0 Å². The largest absolute Gasteiger partial charge is 0.314 e. The van der Waals surface area contributed by atoms with Crippen LogP contribution in [0.15, 0.2) is 0 Å². The molecule has 0 aromatic rings. The van der Waals surface area contributed by atoms with Crippen molar-refractivity contribution in [3.63, 3.8) is 0 Å². The van der Waals surface area contributed by atoms with Gasteiger partial charge in [-0.25, -0.2) is 0 Å². The van der Waals surface area contributed by atoms with Gasteiger partial charge in [0, 0.05) is 32.2 Å². The first-order valence-corrected chi connectivity index (χ1v) is 5.41. The van der Waals surface area contributed by atoms with Crippen molar-refractivity contribution in [1.29, 1.82) is 0 Å². The Hall–Kier alpha value is -0.120. The van der Waals surface area contributed by atoms with Crippen molar-refractivity contribution in [2.24, 2.45) is 0 Å². The molecule has 1 saturated heterocycles. The Labute approximate surface area is 82.1 Å². The normalized spacial score (nSPS) is 18.2. The van der Waals surface area contributed by atoms with Gasteiger partial charge in [-0.15, -0.1) is 0 Å². The predicted octanol–water partition coefficient (Wildman–Crippen LogP) is 0.232. The zero-order chi connectivity index (χ0) is 9.68. The molecule has 3 nitrogen and oxygen atoms in total. The molecule has 0 saturated carbocycles. The minimum Gasteiger partial charge on any atom is -0.314 e. The summed E-state index contributed by atoms with van der Waals surface area (Å²) in [6, 6.07) is 0.788. The smallest absolute Gasteiger partial charge is 0.0342 e. The second-order valence-corrected chi connectivity index (χ2v) is 3.82. The van der Waals surface area contributed by atoms with Crippen molar-refractivity contribution < 1.29 is 0 Å². The fourth-order valence-corrected chi connectivity index (χ4v) is 1.61. The van der Waals surface area contributed by atoms with Crippen LogP contribution in [0.1, 0.15) is 13.8 Å². The van der Waals surface area contributed by atoms with Crippen LogP contribution in [0.2, 0.25) is 0 Å². The summed E-state index contributed by atoms with van der Waals surface area (Å²) in [4.78, 5) is 4.94. The monoisotopic (exact) mass is 185 g/mol. The van der Waals surface area contributed by atoms with Gasteiger partial charge in [-0.2, -0.15) is 0 Å². The highest BCUT2D eigenvalue weighted by molar-refractivity contribution is 4.82. The molecular weight excluding hydrogens is 162 g/mol. The number of nitrogens with zero attached hydrogens (tertiary/aromatic N) is 2. The average Bonchev–Trinajstić information content (AvgIpc) is 2.03. The lowest BCUT2D eigenvalue weighted by Gasteiger charge is -2.36. The molecule has 0 aromatic heterocycles. The summed E-state index contributed by atoms with van der Waals surface area (Å²) in [6.45, 7) is 11.6. The summed E-state index contributed by atoms with van der Waals surface area (Å²) in [7, 11) is 2.23. The third kappa shape index (κ3) is 3.25. The van der Waals surface area contributed by atoms with Crippen LogP contribution in [0, 0.1) is 0 Å². The molecule has 0 radical (unpaired) electrons. The van der Waals surface area contributed by atoms with Gasteiger partial charge in [-0.05, 0) is 20.1 Å². The third-order valence-electron chi connectivity index (χ3n) is 3.05. The molecule has 0 spiro atoms. The van der Waals surface area contributed by atoms with Crippen molar-refractivity contribution in [1.82, 2.24) is 15.1 Å². The molecule has 1 N–H and O–H groups in total. The molecule has 1 heterocycles. The van der Waals surface area contributed by atoms with Crippen LogP contribution in [-0.4, -0.2) is 62.2 Å². The first-order chi connectivity index (χ1) is 6.27. The van der Waals surface area contributed by atoms with Gasteiger partial charge in [0.2, 0.25) is 0 Å². The molecule has 3 heteroatoms. The Bertz CT molecular complexity index is 130. The molecular formula is C10H23N3. The van der Waals surface area contributed by atoms with Crippen molar-refractivity contribution >= 4 is 0 Å². The molecule has 0 aromatic carbocycles. The second-order valence-electron chi connectivity index (χ2n) is 3.82. The van der Waals surface area contributed by atoms with Crippen molar-refractivity contribution in [3.05, 3.63) is 0 Å². The first-order valence-electron chi connectivity index (χ1n) is 5.41. The SMILES string of the molecule is CCN(CC)CCN(C)C1CNC1. The number of rotatable bonds is 6. The Balaban J connectivity index is 2.09. The lowest BCUT2D eigenvalue weighted by atomic mass is 10.1. The van der Waals surface area contributed by atoms with Gasteiger partial charge in [-0.3, -0.25) is 4.90 Å². The fourth-order valence-electron chi connectivity index (χ4n) is 1.61. The number of likely N-dealkylation sites (N-methyl/N-ethyl adjacent to an activating group) is 2. The number of hydrogen-bond donors (Lipinski definition) is 1. The molecule has 0 atom stereocenters. The highest BCUT2D eigenvalue weighted by atomic mass is 15.2. The summed E-state index contributed by atoms with van der Waals surface area (Å²) in [5.74, 6) is 0. The Morgan fingerprint density at radius 1 is 1.15 bits per heavy atom. The maximum Gasteiger partial charge on any atom is 0.0342 e. The standard InChI is InChI=1S/C10H23N3/c1-4-13(5-2)7-6-12(3)10-8-11-9-10/h10-11H,4-9H2,1-3H3. The predicted molar refractivity (Wildman–Crippen MR) is 57.1 cm³/mol. The van der Waals surface area contributed by atoms with Crippen LogP contribution in [0.25, 0.3) is 0 Å². The molecule has 1 aliphatic heterocycles. The van der Waals surface area contributed by atoms with E-state index in [1.165, 1.54) is 39.3 Å². The van der Waals surface area contributed by atoms with Gasteiger partial charge in [0.1, 0.15) is 0 Å². The minimum atomic E-state index is 0.788. The van der Waals surface area contributed by atoms with Crippen LogP contribution in [0.5, 0.6) is 0 Å². The molecule has 0 amide bonds. The van der Waals surface area contributed by atoms with E-state index >= 15 is 0 Å². The van der Waals surface area contributed by atoms with Gasteiger partial charge < -0.3 is 10.2 Å². The summed E-state index contributed by atoms with van der Waals surface area (Å²) in [6.07, 6.45) is 0. The van der Waals surface area contributed by atoms with Crippen molar-refractivity contribution in [2.75, 3.05) is 46.3 Å². The second kappa shape index (κ2) is 5.58. The fraction of sp³-hybridized carbons (Fsp3) is 1.00. The van der Waals surface area contributed by atoms with Crippen LogP contribution in [-0.2, 0) is 0 Å². The minimum absolute atomic E-state index is 0.788. The molecule has 0 bridgehead atoms. The quantitative estimate of drug-likeness (QED) is 0.639. The Morgan fingerprint density at radius 2 is 1.77 bits per heavy atom. The zero-order valence-electron chi connectivity index (χ0n) is 9.21. The molecule has 0 aliphatic carbocycles. The number of nitrogens with one attached hydrogen (secondary N) is 1. The molecule has 13 heavy (non-hydrogen) atoms. The van der Waals surface area contributed by atoms with Gasteiger partial charge in [-0.1, -0.05) is 13.8 Å². The lowest BCUT2D eigenvalue weighted by molar-refractivity contribution is 0.156. The maximum atomic E-state index is 3.30. The van der Waals surface area contributed by atoms with Crippen molar-refractivity contribution in [3.8, 4) is 0 Å². The summed E-state index contributed by atoms with van der Waals surface area (Å²) in [5, 5.41) is 3.30. The maximum absolute atomic E-state index is 3.30. The number of hydrogen-bond acceptors (Lipinski definition) is 3. The summed E-state index contributed by atoms with van der Waals surface area (Å²) >= 11 is 0. The summed E-state index contributed by atoms with van der Waals surface area (Å²) in [5.41, 5.74) is 0. The van der Waals surface area contributed by atoms with Crippen LogP contribution >= 0.6 is 0 Å². The van der Waals surface area contributed by atoms with E-state index in [1.54, 1.807) is 0 Å². The van der Waals surface area contributed by atoms with E-state index in [0.717, 1.165) is 6.04 Å². The molecule has 1 fully saturated rings. The lowest BCUT2D eigenvalue weighted by Crippen LogP contribution is -2.56. The van der Waals surface area contributed by atoms with Crippen molar-refractivity contribution in [2.45, 2.75) is 19.9 Å². The van der Waals surface area contributed by atoms with Crippen LogP contribution in [0.3, 0.4) is 0 Å². The summed E-state index contributed by atoms with van der Waals surface area (Å²) < 4.78 is 0. The molecule has 0 unspecified atom stereocenters. The first kappa shape index (κ1) is 11.0. The Kier molecular flexibility index (Phi) is 4.70. The van der Waals surface area contributed by atoms with E-state index in [9.17, 15) is 0 Å². The topological polar surface area (TPSA) is 18.5 Å². The van der Waals surface area contributed by atoms with E-state index in [0.29, 0.717) is 0 Å².